The molecule has 1 aromatic rings. The van der Waals surface area contributed by atoms with Crippen molar-refractivity contribution in [3.63, 3.8) is 0 Å². The molecule has 0 spiro atoms. The fourth-order valence-corrected chi connectivity index (χ4v) is 1.56. The number of benzene rings is 1. The first kappa shape index (κ1) is 13.5. The van der Waals surface area contributed by atoms with Crippen LogP contribution in [-0.4, -0.2) is 19.9 Å². The molecule has 3 nitrogen and oxygen atoms in total. The molecular formula is C14H20N2O. The van der Waals surface area contributed by atoms with Crippen LogP contribution in [0.15, 0.2) is 41.4 Å². The fraction of sp³-hybridized carbons (Fsp3) is 0.357. The lowest BCUT2D eigenvalue weighted by molar-refractivity contribution is 0.414. The predicted octanol–water partition coefficient (Wildman–Crippen LogP) is 2.73. The summed E-state index contributed by atoms with van der Waals surface area (Å²) in [7, 11) is 3.41. The molecule has 1 unspecified atom stereocenters. The number of rotatable bonds is 5. The Balaban J connectivity index is 2.93. The normalized spacial score (nSPS) is 14.0. The first-order chi connectivity index (χ1) is 8.22. The van der Waals surface area contributed by atoms with E-state index in [-0.39, 0.29) is 6.04 Å². The monoisotopic (exact) mass is 232 g/mol. The first-order valence-corrected chi connectivity index (χ1v) is 5.75. The predicted molar refractivity (Wildman–Crippen MR) is 72.7 cm³/mol. The number of aliphatic imine (C=N–C) groups is 1. The highest BCUT2D eigenvalue weighted by Crippen LogP contribution is 2.19. The minimum absolute atomic E-state index is 0.210. The van der Waals surface area contributed by atoms with Gasteiger partial charge in [0.05, 0.1) is 18.9 Å². The molecule has 0 aromatic heterocycles. The second-order valence-corrected chi connectivity index (χ2v) is 3.71. The Morgan fingerprint density at radius 3 is 2.88 bits per heavy atom. The number of nitrogens with two attached hydrogens (primary N) is 1. The standard InChI is InChI=1S/C14H20N2O/c1-4-5-9-13(16-2)14(15)11-7-6-8-12(10-11)17-3/h5-10,14H,4,15H2,1-3H3/b9-5-,16-13?. The Morgan fingerprint density at radius 1 is 1.53 bits per heavy atom. The zero-order chi connectivity index (χ0) is 12.7. The smallest absolute Gasteiger partial charge is 0.119 e. The zero-order valence-corrected chi connectivity index (χ0v) is 10.7. The van der Waals surface area contributed by atoms with E-state index in [1.54, 1.807) is 14.2 Å². The van der Waals surface area contributed by atoms with E-state index in [0.717, 1.165) is 23.4 Å². The van der Waals surface area contributed by atoms with Crippen LogP contribution in [0.5, 0.6) is 5.75 Å². The molecule has 0 aliphatic carbocycles. The van der Waals surface area contributed by atoms with Gasteiger partial charge in [0.1, 0.15) is 5.75 Å². The van der Waals surface area contributed by atoms with Crippen molar-refractivity contribution in [1.82, 2.24) is 0 Å². The zero-order valence-electron chi connectivity index (χ0n) is 10.7. The number of hydrogen-bond acceptors (Lipinski definition) is 3. The average molecular weight is 232 g/mol. The summed E-state index contributed by atoms with van der Waals surface area (Å²) in [4.78, 5) is 4.22. The highest BCUT2D eigenvalue weighted by atomic mass is 16.5. The molecular weight excluding hydrogens is 212 g/mol. The lowest BCUT2D eigenvalue weighted by Crippen LogP contribution is -2.19. The maximum Gasteiger partial charge on any atom is 0.119 e. The van der Waals surface area contributed by atoms with Crippen LogP contribution in [0.1, 0.15) is 24.9 Å². The van der Waals surface area contributed by atoms with E-state index in [9.17, 15) is 0 Å². The van der Waals surface area contributed by atoms with Crippen molar-refractivity contribution in [2.24, 2.45) is 10.7 Å². The van der Waals surface area contributed by atoms with Crippen molar-refractivity contribution >= 4 is 5.71 Å². The molecule has 0 fully saturated rings. The summed E-state index contributed by atoms with van der Waals surface area (Å²) in [6, 6.07) is 7.55. The molecule has 0 saturated carbocycles. The highest BCUT2D eigenvalue weighted by Gasteiger charge is 2.11. The van der Waals surface area contributed by atoms with Crippen LogP contribution in [0, 0.1) is 0 Å². The fourth-order valence-electron chi connectivity index (χ4n) is 1.56. The van der Waals surface area contributed by atoms with Gasteiger partial charge in [0, 0.05) is 7.05 Å². The summed E-state index contributed by atoms with van der Waals surface area (Å²) in [6.45, 7) is 2.08. The van der Waals surface area contributed by atoms with Crippen LogP contribution in [-0.2, 0) is 0 Å². The molecule has 17 heavy (non-hydrogen) atoms. The number of nitrogens with zero attached hydrogens (tertiary/aromatic N) is 1. The van der Waals surface area contributed by atoms with Crippen LogP contribution in [0.2, 0.25) is 0 Å². The summed E-state index contributed by atoms with van der Waals surface area (Å²) in [5.74, 6) is 0.813. The van der Waals surface area contributed by atoms with Gasteiger partial charge >= 0.3 is 0 Å². The third-order valence-corrected chi connectivity index (χ3v) is 2.55. The summed E-state index contributed by atoms with van der Waals surface area (Å²) >= 11 is 0. The van der Waals surface area contributed by atoms with Gasteiger partial charge < -0.3 is 10.5 Å². The van der Waals surface area contributed by atoms with E-state index in [1.807, 2.05) is 30.3 Å². The van der Waals surface area contributed by atoms with Gasteiger partial charge in [-0.1, -0.05) is 25.1 Å². The van der Waals surface area contributed by atoms with Gasteiger partial charge in [-0.05, 0) is 30.2 Å². The van der Waals surface area contributed by atoms with Crippen LogP contribution < -0.4 is 10.5 Å². The van der Waals surface area contributed by atoms with Crippen LogP contribution in [0.25, 0.3) is 0 Å². The Morgan fingerprint density at radius 2 is 2.29 bits per heavy atom. The molecule has 0 saturated heterocycles. The minimum atomic E-state index is -0.210. The van der Waals surface area contributed by atoms with Crippen molar-refractivity contribution in [2.45, 2.75) is 19.4 Å². The van der Waals surface area contributed by atoms with Crippen molar-refractivity contribution in [3.8, 4) is 5.75 Å². The van der Waals surface area contributed by atoms with Gasteiger partial charge in [-0.15, -0.1) is 0 Å². The highest BCUT2D eigenvalue weighted by molar-refractivity contribution is 5.99. The Bertz CT molecular complexity index is 410. The average Bonchev–Trinajstić information content (AvgIpc) is 2.39. The van der Waals surface area contributed by atoms with Crippen LogP contribution in [0.4, 0.5) is 0 Å². The van der Waals surface area contributed by atoms with E-state index in [4.69, 9.17) is 10.5 Å². The molecule has 0 bridgehead atoms. The number of ether oxygens (including phenoxy) is 1. The van der Waals surface area contributed by atoms with Gasteiger partial charge in [0.15, 0.2) is 0 Å². The lowest BCUT2D eigenvalue weighted by atomic mass is 10.0. The number of hydrogen-bond donors (Lipinski definition) is 1. The van der Waals surface area contributed by atoms with E-state index >= 15 is 0 Å². The summed E-state index contributed by atoms with van der Waals surface area (Å²) in [6.07, 6.45) is 5.01. The second-order valence-electron chi connectivity index (χ2n) is 3.71. The van der Waals surface area contributed by atoms with Gasteiger partial charge in [0.2, 0.25) is 0 Å². The largest absolute Gasteiger partial charge is 0.497 e. The van der Waals surface area contributed by atoms with Gasteiger partial charge in [-0.3, -0.25) is 4.99 Å². The van der Waals surface area contributed by atoms with Crippen molar-refractivity contribution < 1.29 is 4.74 Å². The van der Waals surface area contributed by atoms with Crippen LogP contribution >= 0.6 is 0 Å². The quantitative estimate of drug-likeness (QED) is 0.793. The topological polar surface area (TPSA) is 47.6 Å². The maximum absolute atomic E-state index is 6.18. The van der Waals surface area contributed by atoms with Gasteiger partial charge in [-0.25, -0.2) is 0 Å². The molecule has 0 radical (unpaired) electrons. The van der Waals surface area contributed by atoms with E-state index in [0.29, 0.717) is 0 Å². The molecule has 3 heteroatoms. The molecule has 1 aromatic carbocycles. The van der Waals surface area contributed by atoms with Gasteiger partial charge in [0.25, 0.3) is 0 Å². The van der Waals surface area contributed by atoms with Crippen molar-refractivity contribution in [2.75, 3.05) is 14.2 Å². The number of methoxy groups -OCH3 is 1. The van der Waals surface area contributed by atoms with Crippen molar-refractivity contribution in [3.05, 3.63) is 42.0 Å². The molecule has 2 N–H and O–H groups in total. The molecule has 1 atom stereocenters. The molecule has 0 amide bonds. The second kappa shape index (κ2) is 6.86. The minimum Gasteiger partial charge on any atom is -0.497 e. The third kappa shape index (κ3) is 3.71. The summed E-state index contributed by atoms with van der Waals surface area (Å²) in [5.41, 5.74) is 8.06. The SMILES string of the molecule is CC/C=C\C(=NC)C(N)c1cccc(OC)c1. The van der Waals surface area contributed by atoms with E-state index in [2.05, 4.69) is 18.0 Å². The molecule has 0 aliphatic heterocycles. The first-order valence-electron chi connectivity index (χ1n) is 5.75. The van der Waals surface area contributed by atoms with Gasteiger partial charge in [-0.2, -0.15) is 0 Å². The van der Waals surface area contributed by atoms with Crippen LogP contribution in [0.3, 0.4) is 0 Å². The van der Waals surface area contributed by atoms with E-state index < -0.39 is 0 Å². The maximum atomic E-state index is 6.18. The number of allylic oxidation sites excluding steroid dienone is 1. The Labute approximate surface area is 103 Å². The van der Waals surface area contributed by atoms with Crippen molar-refractivity contribution in [1.29, 1.82) is 0 Å². The Kier molecular flexibility index (Phi) is 5.43. The third-order valence-electron chi connectivity index (χ3n) is 2.55. The molecule has 0 aliphatic rings. The molecule has 1 rings (SSSR count). The molecule has 0 heterocycles. The summed E-state index contributed by atoms with van der Waals surface area (Å²) < 4.78 is 5.19. The van der Waals surface area contributed by atoms with E-state index in [1.165, 1.54) is 0 Å². The summed E-state index contributed by atoms with van der Waals surface area (Å²) in [5, 5.41) is 0. The molecule has 92 valence electrons. The lowest BCUT2D eigenvalue weighted by Gasteiger charge is -2.13. The Hall–Kier alpha value is -1.61.